The summed E-state index contributed by atoms with van der Waals surface area (Å²) in [5.41, 5.74) is 0. The number of likely N-dealkylation sites (tertiary alicyclic amines) is 1. The average Bonchev–Trinajstić information content (AvgIpc) is 2.93. The van der Waals surface area contributed by atoms with E-state index in [1.54, 1.807) is 0 Å². The molecule has 0 amide bonds. The van der Waals surface area contributed by atoms with Gasteiger partial charge in [-0.2, -0.15) is 0 Å². The van der Waals surface area contributed by atoms with Crippen molar-refractivity contribution in [1.29, 1.82) is 0 Å². The minimum Gasteiger partial charge on any atom is -0.396 e. The van der Waals surface area contributed by atoms with Crippen molar-refractivity contribution < 1.29 is 5.11 Å². The Labute approximate surface area is 80.9 Å². The van der Waals surface area contributed by atoms with E-state index in [0.29, 0.717) is 12.5 Å². The zero-order valence-electron chi connectivity index (χ0n) is 8.58. The third kappa shape index (κ3) is 2.23. The summed E-state index contributed by atoms with van der Waals surface area (Å²) in [7, 11) is 2.20. The van der Waals surface area contributed by atoms with E-state index in [1.165, 1.54) is 38.8 Å². The van der Waals surface area contributed by atoms with E-state index in [0.717, 1.165) is 11.8 Å². The first-order valence-electron chi connectivity index (χ1n) is 5.60. The Kier molecular flexibility index (Phi) is 2.89. The summed E-state index contributed by atoms with van der Waals surface area (Å²) >= 11 is 0. The van der Waals surface area contributed by atoms with Crippen molar-refractivity contribution in [2.45, 2.75) is 25.7 Å². The molecule has 0 aromatic rings. The lowest BCUT2D eigenvalue weighted by Crippen LogP contribution is -2.35. The van der Waals surface area contributed by atoms with Gasteiger partial charge in [-0.05, 0) is 63.6 Å². The molecule has 2 rings (SSSR count). The van der Waals surface area contributed by atoms with Gasteiger partial charge in [0.1, 0.15) is 0 Å². The van der Waals surface area contributed by atoms with Crippen molar-refractivity contribution >= 4 is 0 Å². The first-order chi connectivity index (χ1) is 6.31. The first-order valence-corrected chi connectivity index (χ1v) is 5.60. The van der Waals surface area contributed by atoms with Crippen LogP contribution in [0, 0.1) is 17.8 Å². The average molecular weight is 183 g/mol. The number of piperidine rings is 1. The fourth-order valence-electron chi connectivity index (χ4n) is 2.66. The van der Waals surface area contributed by atoms with Gasteiger partial charge in [0, 0.05) is 6.61 Å². The molecule has 0 aromatic carbocycles. The van der Waals surface area contributed by atoms with Crippen molar-refractivity contribution in [2.75, 3.05) is 26.7 Å². The summed E-state index contributed by atoms with van der Waals surface area (Å²) < 4.78 is 0. The van der Waals surface area contributed by atoms with E-state index >= 15 is 0 Å². The molecule has 1 atom stereocenters. The molecule has 2 fully saturated rings. The molecule has 0 aromatic heterocycles. The van der Waals surface area contributed by atoms with E-state index < -0.39 is 0 Å². The number of rotatable bonds is 3. The van der Waals surface area contributed by atoms with Gasteiger partial charge in [-0.25, -0.2) is 0 Å². The highest BCUT2D eigenvalue weighted by Gasteiger charge is 2.36. The molecule has 0 bridgehead atoms. The van der Waals surface area contributed by atoms with E-state index in [1.807, 2.05) is 0 Å². The van der Waals surface area contributed by atoms with Crippen LogP contribution in [0.3, 0.4) is 0 Å². The molecule has 0 spiro atoms. The minimum absolute atomic E-state index is 0.430. The Morgan fingerprint density at radius 3 is 2.15 bits per heavy atom. The lowest BCUT2D eigenvalue weighted by atomic mass is 9.82. The topological polar surface area (TPSA) is 23.5 Å². The molecule has 1 saturated heterocycles. The van der Waals surface area contributed by atoms with Crippen LogP contribution in [0.15, 0.2) is 0 Å². The van der Waals surface area contributed by atoms with Gasteiger partial charge >= 0.3 is 0 Å². The van der Waals surface area contributed by atoms with Crippen molar-refractivity contribution in [3.8, 4) is 0 Å². The van der Waals surface area contributed by atoms with E-state index in [-0.39, 0.29) is 0 Å². The fraction of sp³-hybridized carbons (Fsp3) is 1.00. The summed E-state index contributed by atoms with van der Waals surface area (Å²) in [5.74, 6) is 2.32. The van der Waals surface area contributed by atoms with Crippen LogP contribution in [-0.4, -0.2) is 36.8 Å². The van der Waals surface area contributed by atoms with Gasteiger partial charge < -0.3 is 10.0 Å². The summed E-state index contributed by atoms with van der Waals surface area (Å²) in [6.07, 6.45) is 5.35. The standard InChI is InChI=1S/C11H21NO/c1-12-6-4-10(5-7-12)11(8-13)9-2-3-9/h9-11,13H,2-8H2,1H3. The number of nitrogens with zero attached hydrogens (tertiary/aromatic N) is 1. The quantitative estimate of drug-likeness (QED) is 0.714. The lowest BCUT2D eigenvalue weighted by molar-refractivity contribution is 0.105. The Bertz CT molecular complexity index is 159. The van der Waals surface area contributed by atoms with Gasteiger partial charge in [0.15, 0.2) is 0 Å². The smallest absolute Gasteiger partial charge is 0.0464 e. The highest BCUT2D eigenvalue weighted by molar-refractivity contribution is 4.87. The Balaban J connectivity index is 1.84. The molecule has 13 heavy (non-hydrogen) atoms. The largest absolute Gasteiger partial charge is 0.396 e. The number of aliphatic hydroxyl groups excluding tert-OH is 1. The van der Waals surface area contributed by atoms with Gasteiger partial charge in [-0.1, -0.05) is 0 Å². The predicted octanol–water partition coefficient (Wildman–Crippen LogP) is 1.35. The van der Waals surface area contributed by atoms with Crippen LogP contribution in [-0.2, 0) is 0 Å². The van der Waals surface area contributed by atoms with Crippen LogP contribution in [0.5, 0.6) is 0 Å². The first kappa shape index (κ1) is 9.47. The molecule has 1 unspecified atom stereocenters. The van der Waals surface area contributed by atoms with Crippen LogP contribution < -0.4 is 0 Å². The van der Waals surface area contributed by atoms with E-state index in [9.17, 15) is 5.11 Å². The van der Waals surface area contributed by atoms with E-state index in [4.69, 9.17) is 0 Å². The van der Waals surface area contributed by atoms with Gasteiger partial charge in [0.25, 0.3) is 0 Å². The molecule has 1 N–H and O–H groups in total. The monoisotopic (exact) mass is 183 g/mol. The SMILES string of the molecule is CN1CCC(C(CO)C2CC2)CC1. The third-order valence-electron chi connectivity index (χ3n) is 3.81. The molecule has 2 aliphatic rings. The van der Waals surface area contributed by atoms with Crippen LogP contribution in [0.1, 0.15) is 25.7 Å². The van der Waals surface area contributed by atoms with Crippen LogP contribution in [0.2, 0.25) is 0 Å². The maximum Gasteiger partial charge on any atom is 0.0464 e. The van der Waals surface area contributed by atoms with Crippen LogP contribution in [0.25, 0.3) is 0 Å². The molecule has 2 nitrogen and oxygen atoms in total. The Morgan fingerprint density at radius 1 is 1.15 bits per heavy atom. The van der Waals surface area contributed by atoms with E-state index in [2.05, 4.69) is 11.9 Å². The summed E-state index contributed by atoms with van der Waals surface area (Å²) in [6, 6.07) is 0. The molecular weight excluding hydrogens is 162 g/mol. The lowest BCUT2D eigenvalue weighted by Gasteiger charge is -2.33. The zero-order chi connectivity index (χ0) is 9.26. The predicted molar refractivity (Wildman–Crippen MR) is 53.5 cm³/mol. The van der Waals surface area contributed by atoms with Gasteiger partial charge in [0.2, 0.25) is 0 Å². The number of hydrogen-bond acceptors (Lipinski definition) is 2. The van der Waals surface area contributed by atoms with Gasteiger partial charge in [0.05, 0.1) is 0 Å². The molecule has 0 radical (unpaired) electrons. The van der Waals surface area contributed by atoms with Gasteiger partial charge in [-0.3, -0.25) is 0 Å². The number of hydrogen-bond donors (Lipinski definition) is 1. The zero-order valence-corrected chi connectivity index (χ0v) is 8.58. The number of aliphatic hydroxyl groups is 1. The molecule has 1 heterocycles. The minimum atomic E-state index is 0.430. The summed E-state index contributed by atoms with van der Waals surface area (Å²) in [6.45, 7) is 2.89. The highest BCUT2D eigenvalue weighted by atomic mass is 16.3. The maximum absolute atomic E-state index is 9.34. The highest BCUT2D eigenvalue weighted by Crippen LogP contribution is 2.43. The molecular formula is C11H21NO. The van der Waals surface area contributed by atoms with Crippen LogP contribution >= 0.6 is 0 Å². The summed E-state index contributed by atoms with van der Waals surface area (Å²) in [4.78, 5) is 2.40. The Hall–Kier alpha value is -0.0800. The van der Waals surface area contributed by atoms with Crippen molar-refractivity contribution in [1.82, 2.24) is 4.90 Å². The summed E-state index contributed by atoms with van der Waals surface area (Å²) in [5, 5.41) is 9.34. The fourth-order valence-corrected chi connectivity index (χ4v) is 2.66. The van der Waals surface area contributed by atoms with Crippen LogP contribution in [0.4, 0.5) is 0 Å². The molecule has 1 aliphatic heterocycles. The van der Waals surface area contributed by atoms with Crippen molar-refractivity contribution in [2.24, 2.45) is 17.8 Å². The second-order valence-corrected chi connectivity index (χ2v) is 4.82. The molecule has 2 heteroatoms. The third-order valence-corrected chi connectivity index (χ3v) is 3.81. The van der Waals surface area contributed by atoms with Crippen molar-refractivity contribution in [3.63, 3.8) is 0 Å². The van der Waals surface area contributed by atoms with Crippen molar-refractivity contribution in [3.05, 3.63) is 0 Å². The molecule has 1 saturated carbocycles. The normalized spacial score (nSPS) is 29.1. The second-order valence-electron chi connectivity index (χ2n) is 4.82. The molecule has 1 aliphatic carbocycles. The maximum atomic E-state index is 9.34. The molecule has 76 valence electrons. The van der Waals surface area contributed by atoms with Gasteiger partial charge in [-0.15, -0.1) is 0 Å². The Morgan fingerprint density at radius 2 is 1.69 bits per heavy atom. The second kappa shape index (κ2) is 3.97.